The van der Waals surface area contributed by atoms with Gasteiger partial charge >= 0.3 is 0 Å². The van der Waals surface area contributed by atoms with Gasteiger partial charge in [0, 0.05) is 5.56 Å². The summed E-state index contributed by atoms with van der Waals surface area (Å²) in [7, 11) is 1.37. The van der Waals surface area contributed by atoms with Crippen LogP contribution in [0.5, 0.6) is 0 Å². The molecule has 2 rings (SSSR count). The highest BCUT2D eigenvalue weighted by Gasteiger charge is 2.27. The smallest absolute Gasteiger partial charge is 0.200 e. The fourth-order valence-electron chi connectivity index (χ4n) is 1.87. The molecule has 0 bridgehead atoms. The van der Waals surface area contributed by atoms with E-state index in [9.17, 15) is 22.0 Å². The second-order valence-electron chi connectivity index (χ2n) is 4.03. The number of nitriles is 1. The fraction of sp³-hybridized carbons (Fsp3) is 0. The molecule has 2 aromatic carbocycles. The van der Waals surface area contributed by atoms with E-state index in [4.69, 9.17) is 5.26 Å². The van der Waals surface area contributed by atoms with Gasteiger partial charge in [-0.1, -0.05) is 17.6 Å². The summed E-state index contributed by atoms with van der Waals surface area (Å²) in [4.78, 5) is 0. The van der Waals surface area contributed by atoms with Crippen LogP contribution in [-0.2, 0) is 0 Å². The van der Waals surface area contributed by atoms with Gasteiger partial charge in [-0.15, -0.1) is 0 Å². The summed E-state index contributed by atoms with van der Waals surface area (Å²) in [5.74, 6) is -10.1. The van der Waals surface area contributed by atoms with E-state index in [-0.39, 0.29) is 16.6 Å². The lowest BCUT2D eigenvalue weighted by Crippen LogP contribution is -2.15. The van der Waals surface area contributed by atoms with Gasteiger partial charge in [-0.3, -0.25) is 0 Å². The lowest BCUT2D eigenvalue weighted by molar-refractivity contribution is 0.381. The molecular formula is C13H5BF5N. The summed E-state index contributed by atoms with van der Waals surface area (Å²) >= 11 is 0. The minimum Gasteiger partial charge on any atom is -0.203 e. The zero-order valence-corrected chi connectivity index (χ0v) is 10.1. The van der Waals surface area contributed by atoms with Crippen LogP contribution in [0.1, 0.15) is 5.56 Å². The first-order valence-corrected chi connectivity index (χ1v) is 5.41. The Kier molecular flexibility index (Phi) is 3.49. The van der Waals surface area contributed by atoms with Crippen LogP contribution >= 0.6 is 0 Å². The normalized spacial score (nSPS) is 10.4. The van der Waals surface area contributed by atoms with Gasteiger partial charge in [-0.2, -0.15) is 5.26 Å². The molecule has 0 amide bonds. The van der Waals surface area contributed by atoms with Crippen molar-refractivity contribution in [2.45, 2.75) is 0 Å². The second-order valence-corrected chi connectivity index (χ2v) is 4.03. The van der Waals surface area contributed by atoms with Gasteiger partial charge in [0.25, 0.3) is 0 Å². The number of nitrogens with zero attached hydrogens (tertiary/aromatic N) is 1. The van der Waals surface area contributed by atoms with Crippen LogP contribution in [0.4, 0.5) is 22.0 Å². The zero-order chi connectivity index (χ0) is 15.0. The lowest BCUT2D eigenvalue weighted by atomic mass is 9.83. The Labute approximate surface area is 111 Å². The van der Waals surface area contributed by atoms with Crippen molar-refractivity contribution in [2.75, 3.05) is 0 Å². The molecule has 0 spiro atoms. The summed E-state index contributed by atoms with van der Waals surface area (Å²) < 4.78 is 66.7. The Hall–Kier alpha value is -2.36. The highest BCUT2D eigenvalue weighted by molar-refractivity contribution is 6.37. The van der Waals surface area contributed by atoms with E-state index in [0.29, 0.717) is 0 Å². The van der Waals surface area contributed by atoms with E-state index in [1.807, 2.05) is 0 Å². The highest BCUT2D eigenvalue weighted by Crippen LogP contribution is 2.30. The maximum Gasteiger partial charge on any atom is 0.200 e. The van der Waals surface area contributed by atoms with E-state index >= 15 is 0 Å². The van der Waals surface area contributed by atoms with Gasteiger partial charge in [-0.25, -0.2) is 22.0 Å². The molecule has 0 N–H and O–H groups in total. The molecule has 0 aromatic heterocycles. The average molecular weight is 281 g/mol. The Morgan fingerprint density at radius 1 is 0.850 bits per heavy atom. The Morgan fingerprint density at radius 2 is 1.35 bits per heavy atom. The predicted molar refractivity (Wildman–Crippen MR) is 64.6 cm³/mol. The van der Waals surface area contributed by atoms with Crippen LogP contribution in [0, 0.1) is 40.4 Å². The first-order chi connectivity index (χ1) is 9.40. The van der Waals surface area contributed by atoms with E-state index in [1.54, 1.807) is 6.07 Å². The van der Waals surface area contributed by atoms with E-state index < -0.39 is 34.6 Å². The third-order valence-corrected chi connectivity index (χ3v) is 2.93. The lowest BCUT2D eigenvalue weighted by Gasteiger charge is -2.11. The molecular weight excluding hydrogens is 276 g/mol. The summed E-state index contributed by atoms with van der Waals surface area (Å²) in [6.07, 6.45) is 0. The summed E-state index contributed by atoms with van der Waals surface area (Å²) in [6.45, 7) is 0. The molecule has 20 heavy (non-hydrogen) atoms. The van der Waals surface area contributed by atoms with Crippen LogP contribution < -0.4 is 5.46 Å². The van der Waals surface area contributed by atoms with Gasteiger partial charge in [-0.05, 0) is 11.6 Å². The molecule has 0 saturated carbocycles. The maximum atomic E-state index is 13.7. The third-order valence-electron chi connectivity index (χ3n) is 2.93. The van der Waals surface area contributed by atoms with Crippen molar-refractivity contribution in [1.29, 1.82) is 5.26 Å². The number of rotatable bonds is 1. The van der Waals surface area contributed by atoms with Gasteiger partial charge in [0.1, 0.15) is 7.85 Å². The molecule has 0 fully saturated rings. The standard InChI is InChI=1S/C13H5BF5N/c14-8-5(4-20)2-1-3-6(8)7-9(15)11(17)13(19)12(18)10(7)16/h1-3H,14H2. The van der Waals surface area contributed by atoms with Gasteiger partial charge in [0.05, 0.1) is 11.6 Å². The van der Waals surface area contributed by atoms with Crippen LogP contribution in [-0.4, -0.2) is 7.85 Å². The van der Waals surface area contributed by atoms with Gasteiger partial charge < -0.3 is 0 Å². The third kappa shape index (κ3) is 1.93. The maximum absolute atomic E-state index is 13.7. The van der Waals surface area contributed by atoms with E-state index in [2.05, 4.69) is 0 Å². The fourth-order valence-corrected chi connectivity index (χ4v) is 1.87. The largest absolute Gasteiger partial charge is 0.203 e. The van der Waals surface area contributed by atoms with Gasteiger partial charge in [0.15, 0.2) is 23.3 Å². The minimum absolute atomic E-state index is 0.0893. The van der Waals surface area contributed by atoms with Crippen LogP contribution in [0.3, 0.4) is 0 Å². The zero-order valence-electron chi connectivity index (χ0n) is 10.1. The molecule has 0 atom stereocenters. The van der Waals surface area contributed by atoms with Crippen molar-refractivity contribution in [1.82, 2.24) is 0 Å². The van der Waals surface area contributed by atoms with E-state index in [0.717, 1.165) is 0 Å². The van der Waals surface area contributed by atoms with Crippen molar-refractivity contribution in [3.05, 3.63) is 52.8 Å². The molecule has 0 aliphatic heterocycles. The summed E-state index contributed by atoms with van der Waals surface area (Å²) in [6, 6.07) is 5.65. The van der Waals surface area contributed by atoms with Crippen molar-refractivity contribution in [3.8, 4) is 17.2 Å². The second kappa shape index (κ2) is 4.97. The molecule has 2 aromatic rings. The van der Waals surface area contributed by atoms with Crippen molar-refractivity contribution in [2.24, 2.45) is 0 Å². The molecule has 0 unspecified atom stereocenters. The topological polar surface area (TPSA) is 23.8 Å². The molecule has 0 saturated heterocycles. The average Bonchev–Trinajstić information content (AvgIpc) is 2.45. The Morgan fingerprint density at radius 3 is 1.85 bits per heavy atom. The minimum atomic E-state index is -2.21. The van der Waals surface area contributed by atoms with Crippen molar-refractivity contribution >= 4 is 13.3 Å². The SMILES string of the molecule is Bc1c(C#N)cccc1-c1c(F)c(F)c(F)c(F)c1F. The monoisotopic (exact) mass is 281 g/mol. The molecule has 100 valence electrons. The number of hydrogen-bond acceptors (Lipinski definition) is 1. The van der Waals surface area contributed by atoms with Crippen LogP contribution in [0.25, 0.3) is 11.1 Å². The molecule has 7 heteroatoms. The van der Waals surface area contributed by atoms with Crippen molar-refractivity contribution in [3.63, 3.8) is 0 Å². The summed E-state index contributed by atoms with van der Waals surface area (Å²) in [5.41, 5.74) is -1.02. The number of benzene rings is 2. The first-order valence-electron chi connectivity index (χ1n) is 5.41. The Bertz CT molecular complexity index is 722. The molecule has 1 nitrogen and oxygen atoms in total. The van der Waals surface area contributed by atoms with Crippen LogP contribution in [0.15, 0.2) is 18.2 Å². The first kappa shape index (κ1) is 14.1. The number of hydrogen-bond donors (Lipinski definition) is 0. The molecule has 0 aliphatic rings. The quantitative estimate of drug-likeness (QED) is 0.340. The molecule has 0 heterocycles. The van der Waals surface area contributed by atoms with Crippen molar-refractivity contribution < 1.29 is 22.0 Å². The molecule has 0 radical (unpaired) electrons. The highest BCUT2D eigenvalue weighted by atomic mass is 19.2. The van der Waals surface area contributed by atoms with Gasteiger partial charge in [0.2, 0.25) is 5.82 Å². The molecule has 0 aliphatic carbocycles. The number of halogens is 5. The summed E-state index contributed by atoms with van der Waals surface area (Å²) in [5, 5.41) is 8.84. The van der Waals surface area contributed by atoms with E-state index in [1.165, 1.54) is 26.0 Å². The van der Waals surface area contributed by atoms with Crippen LogP contribution in [0.2, 0.25) is 0 Å². The predicted octanol–water partition coefficient (Wildman–Crippen LogP) is 2.18. The Balaban J connectivity index is 2.88.